The zero-order valence-corrected chi connectivity index (χ0v) is 11.9. The topological polar surface area (TPSA) is 81.8 Å². The van der Waals surface area contributed by atoms with Gasteiger partial charge in [0, 0.05) is 13.2 Å². The van der Waals surface area contributed by atoms with Crippen LogP contribution < -0.4 is 5.73 Å². The average molecular weight is 273 g/mol. The minimum atomic E-state index is -1.04. The number of unbranched alkanes of at least 4 members (excludes halogenated alkanes) is 1. The average Bonchev–Trinajstić information content (AvgIpc) is 2.76. The number of carboxylic acid groups (broad SMARTS) is 1. The molecular formula is C14H27NO4. The minimum absolute atomic E-state index is 0.0333. The van der Waals surface area contributed by atoms with Crippen molar-refractivity contribution in [3.8, 4) is 0 Å². The van der Waals surface area contributed by atoms with Crippen LogP contribution in [0, 0.1) is 5.92 Å². The molecule has 2 unspecified atom stereocenters. The highest BCUT2D eigenvalue weighted by atomic mass is 16.5. The van der Waals surface area contributed by atoms with E-state index < -0.39 is 11.5 Å². The summed E-state index contributed by atoms with van der Waals surface area (Å²) < 4.78 is 10.9. The standard InChI is InChI=1S/C14H27NO4/c1-2-3-8-18-10-11-19-9-6-12-5-4-7-14(12,15)13(16)17/h12H,2-11,15H2,1H3,(H,16,17). The maximum atomic E-state index is 11.2. The zero-order valence-electron chi connectivity index (χ0n) is 11.9. The number of hydrogen-bond acceptors (Lipinski definition) is 4. The van der Waals surface area contributed by atoms with Crippen molar-refractivity contribution in [3.05, 3.63) is 0 Å². The fourth-order valence-electron chi connectivity index (χ4n) is 2.58. The Morgan fingerprint density at radius 3 is 2.63 bits per heavy atom. The molecular weight excluding hydrogens is 246 g/mol. The van der Waals surface area contributed by atoms with Crippen molar-refractivity contribution >= 4 is 5.97 Å². The van der Waals surface area contributed by atoms with Gasteiger partial charge in [0.15, 0.2) is 0 Å². The van der Waals surface area contributed by atoms with Crippen molar-refractivity contribution in [2.24, 2.45) is 11.7 Å². The van der Waals surface area contributed by atoms with Crippen LogP contribution in [0.1, 0.15) is 45.4 Å². The van der Waals surface area contributed by atoms with Crippen LogP contribution in [-0.4, -0.2) is 43.0 Å². The van der Waals surface area contributed by atoms with Gasteiger partial charge in [-0.25, -0.2) is 0 Å². The van der Waals surface area contributed by atoms with Crippen molar-refractivity contribution in [3.63, 3.8) is 0 Å². The fourth-order valence-corrected chi connectivity index (χ4v) is 2.58. The largest absolute Gasteiger partial charge is 0.480 e. The molecule has 0 saturated heterocycles. The lowest BCUT2D eigenvalue weighted by Crippen LogP contribution is -2.51. The van der Waals surface area contributed by atoms with Crippen LogP contribution in [0.3, 0.4) is 0 Å². The molecule has 0 spiro atoms. The van der Waals surface area contributed by atoms with Gasteiger partial charge in [-0.1, -0.05) is 19.8 Å². The van der Waals surface area contributed by atoms with E-state index in [1.54, 1.807) is 0 Å². The maximum Gasteiger partial charge on any atom is 0.323 e. The van der Waals surface area contributed by atoms with Crippen LogP contribution >= 0.6 is 0 Å². The number of rotatable bonds is 10. The van der Waals surface area contributed by atoms with Crippen LogP contribution in [0.15, 0.2) is 0 Å². The molecule has 0 aromatic rings. The first-order valence-electron chi connectivity index (χ1n) is 7.29. The Kier molecular flexibility index (Phi) is 7.34. The monoisotopic (exact) mass is 273 g/mol. The normalized spacial score (nSPS) is 26.7. The molecule has 1 rings (SSSR count). The first-order chi connectivity index (χ1) is 9.11. The van der Waals surface area contributed by atoms with E-state index in [0.29, 0.717) is 26.2 Å². The third kappa shape index (κ3) is 5.09. The summed E-state index contributed by atoms with van der Waals surface area (Å²) in [5.74, 6) is -0.844. The summed E-state index contributed by atoms with van der Waals surface area (Å²) in [4.78, 5) is 11.2. The van der Waals surface area contributed by atoms with Gasteiger partial charge in [0.1, 0.15) is 5.54 Å². The Morgan fingerprint density at radius 2 is 2.00 bits per heavy atom. The van der Waals surface area contributed by atoms with Gasteiger partial charge in [-0.2, -0.15) is 0 Å². The van der Waals surface area contributed by atoms with Gasteiger partial charge in [-0.3, -0.25) is 4.79 Å². The molecule has 3 N–H and O–H groups in total. The molecule has 0 bridgehead atoms. The van der Waals surface area contributed by atoms with E-state index in [1.165, 1.54) is 0 Å². The van der Waals surface area contributed by atoms with Gasteiger partial charge in [0.05, 0.1) is 13.2 Å². The Morgan fingerprint density at radius 1 is 1.32 bits per heavy atom. The van der Waals surface area contributed by atoms with Crippen molar-refractivity contribution in [1.29, 1.82) is 0 Å². The second kappa shape index (κ2) is 8.51. The molecule has 1 saturated carbocycles. The quantitative estimate of drug-likeness (QED) is 0.593. The summed E-state index contributed by atoms with van der Waals surface area (Å²) in [6.45, 7) is 4.66. The molecule has 0 radical (unpaired) electrons. The van der Waals surface area contributed by atoms with Gasteiger partial charge in [0.25, 0.3) is 0 Å². The van der Waals surface area contributed by atoms with Crippen LogP contribution in [0.25, 0.3) is 0 Å². The lowest BCUT2D eigenvalue weighted by atomic mass is 9.86. The number of nitrogens with two attached hydrogens (primary N) is 1. The zero-order chi connectivity index (χ0) is 14.1. The Bertz CT molecular complexity index is 272. The van der Waals surface area contributed by atoms with Crippen molar-refractivity contribution in [2.45, 2.75) is 51.0 Å². The Hall–Kier alpha value is -0.650. The van der Waals surface area contributed by atoms with E-state index in [4.69, 9.17) is 15.2 Å². The molecule has 19 heavy (non-hydrogen) atoms. The van der Waals surface area contributed by atoms with Crippen LogP contribution in [0.5, 0.6) is 0 Å². The second-order valence-electron chi connectivity index (χ2n) is 5.30. The Balaban J connectivity index is 2.07. The van der Waals surface area contributed by atoms with Crippen molar-refractivity contribution in [1.82, 2.24) is 0 Å². The summed E-state index contributed by atoms with van der Waals surface area (Å²) in [7, 11) is 0. The summed E-state index contributed by atoms with van der Waals surface area (Å²) in [5, 5.41) is 9.18. The third-order valence-corrected chi connectivity index (χ3v) is 3.89. The summed E-state index contributed by atoms with van der Waals surface area (Å²) in [6.07, 6.45) is 5.30. The molecule has 0 aromatic carbocycles. The number of aliphatic carboxylic acids is 1. The lowest BCUT2D eigenvalue weighted by Gasteiger charge is -2.26. The van der Waals surface area contributed by atoms with Gasteiger partial charge in [0.2, 0.25) is 0 Å². The predicted octanol–water partition coefficient (Wildman–Crippen LogP) is 1.79. The van der Waals surface area contributed by atoms with Gasteiger partial charge in [-0.05, 0) is 31.6 Å². The molecule has 1 aliphatic carbocycles. The molecule has 112 valence electrons. The van der Waals surface area contributed by atoms with Crippen LogP contribution in [-0.2, 0) is 14.3 Å². The predicted molar refractivity (Wildman–Crippen MR) is 73.1 cm³/mol. The molecule has 5 nitrogen and oxygen atoms in total. The molecule has 5 heteroatoms. The third-order valence-electron chi connectivity index (χ3n) is 3.89. The first kappa shape index (κ1) is 16.4. The first-order valence-corrected chi connectivity index (χ1v) is 7.29. The van der Waals surface area contributed by atoms with Gasteiger partial charge >= 0.3 is 5.97 Å². The van der Waals surface area contributed by atoms with E-state index >= 15 is 0 Å². The Labute approximate surface area is 115 Å². The van der Waals surface area contributed by atoms with Crippen LogP contribution in [0.2, 0.25) is 0 Å². The van der Waals surface area contributed by atoms with E-state index in [2.05, 4.69) is 6.92 Å². The molecule has 0 amide bonds. The number of hydrogen-bond donors (Lipinski definition) is 2. The summed E-state index contributed by atoms with van der Waals surface area (Å²) >= 11 is 0. The number of carboxylic acids is 1. The van der Waals surface area contributed by atoms with E-state index in [0.717, 1.165) is 38.7 Å². The summed E-state index contributed by atoms with van der Waals surface area (Å²) in [6, 6.07) is 0. The number of carbonyl (C=O) groups is 1. The van der Waals surface area contributed by atoms with Crippen molar-refractivity contribution < 1.29 is 19.4 Å². The lowest BCUT2D eigenvalue weighted by molar-refractivity contribution is -0.145. The van der Waals surface area contributed by atoms with Gasteiger partial charge < -0.3 is 20.3 Å². The van der Waals surface area contributed by atoms with E-state index in [1.807, 2.05) is 0 Å². The molecule has 1 aliphatic rings. The minimum Gasteiger partial charge on any atom is -0.480 e. The highest BCUT2D eigenvalue weighted by Crippen LogP contribution is 2.36. The molecule has 0 heterocycles. The SMILES string of the molecule is CCCCOCCOCCC1CCCC1(N)C(=O)O. The van der Waals surface area contributed by atoms with Crippen LogP contribution in [0.4, 0.5) is 0 Å². The second-order valence-corrected chi connectivity index (χ2v) is 5.30. The molecule has 2 atom stereocenters. The van der Waals surface area contributed by atoms with E-state index in [9.17, 15) is 9.90 Å². The van der Waals surface area contributed by atoms with Gasteiger partial charge in [-0.15, -0.1) is 0 Å². The highest BCUT2D eigenvalue weighted by Gasteiger charge is 2.45. The fraction of sp³-hybridized carbons (Fsp3) is 0.929. The summed E-state index contributed by atoms with van der Waals surface area (Å²) in [5.41, 5.74) is 4.92. The molecule has 0 aliphatic heterocycles. The van der Waals surface area contributed by atoms with Crippen molar-refractivity contribution in [2.75, 3.05) is 26.4 Å². The maximum absolute atomic E-state index is 11.2. The highest BCUT2D eigenvalue weighted by molar-refractivity contribution is 5.79. The molecule has 0 aromatic heterocycles. The molecule has 1 fully saturated rings. The van der Waals surface area contributed by atoms with E-state index in [-0.39, 0.29) is 5.92 Å². The number of ether oxygens (including phenoxy) is 2. The smallest absolute Gasteiger partial charge is 0.323 e.